The third kappa shape index (κ3) is 12.4. The van der Waals surface area contributed by atoms with E-state index in [1.807, 2.05) is 20.8 Å². The van der Waals surface area contributed by atoms with Gasteiger partial charge < -0.3 is 105 Å². The van der Waals surface area contributed by atoms with Crippen molar-refractivity contribution in [2.24, 2.45) is 5.92 Å². The normalized spacial score (nSPS) is 37.5. The molecule has 20 atom stereocenters. The van der Waals surface area contributed by atoms with E-state index < -0.39 is 134 Å². The minimum absolute atomic E-state index is 0.0921. The summed E-state index contributed by atoms with van der Waals surface area (Å²) in [7, 11) is 0. The molecule has 2 saturated carbocycles. The Kier molecular flexibility index (Phi) is 19.0. The fourth-order valence-corrected chi connectivity index (χ4v) is 9.94. The van der Waals surface area contributed by atoms with Gasteiger partial charge in [0.05, 0.1) is 18.2 Å². The summed E-state index contributed by atoms with van der Waals surface area (Å²) in [6.45, 7) is 11.9. The molecule has 4 aliphatic heterocycles. The van der Waals surface area contributed by atoms with Crippen LogP contribution in [-0.2, 0) is 42.8 Å². The Labute approximate surface area is 437 Å². The summed E-state index contributed by atoms with van der Waals surface area (Å²) in [5.41, 5.74) is 3.44. The molecular weight excluding hydrogens is 1000 g/mol. The van der Waals surface area contributed by atoms with Gasteiger partial charge in [-0.25, -0.2) is 0 Å². The molecule has 0 spiro atoms. The van der Waals surface area contributed by atoms with Crippen molar-refractivity contribution in [2.75, 3.05) is 13.6 Å². The zero-order valence-electron chi connectivity index (χ0n) is 42.9. The highest BCUT2D eigenvalue weighted by molar-refractivity contribution is 5.98. The van der Waals surface area contributed by atoms with Crippen molar-refractivity contribution in [3.8, 4) is 23.0 Å². The summed E-state index contributed by atoms with van der Waals surface area (Å²) in [4.78, 5) is 37.0. The number of fused-ring (bicyclic) bond motifs is 2. The van der Waals surface area contributed by atoms with Crippen molar-refractivity contribution in [1.82, 2.24) is 10.6 Å². The van der Waals surface area contributed by atoms with Gasteiger partial charge in [-0.3, -0.25) is 14.4 Å². The quantitative estimate of drug-likeness (QED) is 0.0788. The molecule has 24 heteroatoms. The molecular formula is C52H70N2O22. The number of aromatic hydroxyl groups is 2. The van der Waals surface area contributed by atoms with Gasteiger partial charge in [0.25, 0.3) is 0 Å². The van der Waals surface area contributed by atoms with Crippen LogP contribution in [0.4, 0.5) is 0 Å². The Morgan fingerprint density at radius 1 is 0.566 bits per heavy atom. The average molecular weight is 1080 g/mol. The minimum atomic E-state index is -1.51. The molecule has 0 radical (unpaired) electrons. The molecule has 6 fully saturated rings. The molecule has 2 aliphatic carbocycles. The van der Waals surface area contributed by atoms with E-state index in [1.54, 1.807) is 19.1 Å². The number of benzene rings is 2. The lowest BCUT2D eigenvalue weighted by Crippen LogP contribution is -2.67. The zero-order valence-corrected chi connectivity index (χ0v) is 42.9. The van der Waals surface area contributed by atoms with Crippen LogP contribution in [-0.4, -0.2) is 204 Å². The number of phenolic OH excluding ortho intramolecular Hbond substituents is 2. The van der Waals surface area contributed by atoms with E-state index in [0.29, 0.717) is 11.1 Å². The summed E-state index contributed by atoms with van der Waals surface area (Å²) < 4.78 is 43.6. The lowest BCUT2D eigenvalue weighted by molar-refractivity contribution is -0.155. The first kappa shape index (κ1) is 58.6. The molecule has 2 aromatic carbocycles. The van der Waals surface area contributed by atoms with Crippen molar-refractivity contribution in [3.63, 3.8) is 0 Å². The monoisotopic (exact) mass is 1070 g/mol. The van der Waals surface area contributed by atoms with Crippen LogP contribution in [0.15, 0.2) is 58.7 Å². The van der Waals surface area contributed by atoms with E-state index >= 15 is 0 Å². The molecule has 0 aromatic heterocycles. The van der Waals surface area contributed by atoms with E-state index in [-0.39, 0.29) is 53.6 Å². The van der Waals surface area contributed by atoms with Crippen LogP contribution in [0, 0.1) is 5.92 Å². The summed E-state index contributed by atoms with van der Waals surface area (Å²) >= 11 is 0. The van der Waals surface area contributed by atoms with Gasteiger partial charge in [-0.05, 0) is 94.2 Å². The lowest BCUT2D eigenvalue weighted by Gasteiger charge is -2.41. The second-order valence-corrected chi connectivity index (χ2v) is 20.1. The molecule has 8 rings (SSSR count). The number of allylic oxidation sites excluding steroid dienone is 1. The van der Waals surface area contributed by atoms with Crippen LogP contribution in [0.3, 0.4) is 0 Å². The Hall–Kier alpha value is -5.13. The summed E-state index contributed by atoms with van der Waals surface area (Å²) in [6.07, 6.45) is -14.6. The third-order valence-electron chi connectivity index (χ3n) is 14.6. The van der Waals surface area contributed by atoms with Crippen molar-refractivity contribution >= 4 is 29.7 Å². The van der Waals surface area contributed by atoms with E-state index in [1.165, 1.54) is 55.8 Å². The Balaban J connectivity index is 0.000000222. The Morgan fingerprint density at radius 3 is 1.39 bits per heavy atom. The van der Waals surface area contributed by atoms with Gasteiger partial charge >= 0.3 is 0 Å². The lowest BCUT2D eigenvalue weighted by atomic mass is 9.83. The van der Waals surface area contributed by atoms with E-state index in [0.717, 1.165) is 18.4 Å². The number of amides is 2. The molecule has 13 N–H and O–H groups in total. The number of ketones is 1. The van der Waals surface area contributed by atoms with Crippen LogP contribution in [0.2, 0.25) is 0 Å². The number of Topliss-reactive ketones (excluding diaryl/α,β-unsaturated/α-hetero) is 1. The average Bonchev–Trinajstić information content (AvgIpc) is 4.21. The van der Waals surface area contributed by atoms with Crippen LogP contribution in [0.1, 0.15) is 72.4 Å². The van der Waals surface area contributed by atoms with Gasteiger partial charge in [0, 0.05) is 17.1 Å². The molecule has 76 heavy (non-hydrogen) atoms. The standard InChI is InChI=1S/C29H41NO10.C23H29NO12/c1-6-7-13(2)15(4)25-21(32)16(5)29(40-25)39-19-9-8-17(11-18(19)31)10-14(3)28(36)30-20-22(33)24(35)27-26(23(20)34)37-12-38-27;1-8(22(32)24-13-14(27)16(29)21-20(15(13)28)33-7-34-21)5-10-3-4-12(11(26)6-10)35-23-18(31)17(30)19(36-23)9(2)25/h8-11,16,20-27,29,31-35H,6-7,12H2,1-5H3,(H,30,36);3-6,13-21,23,26-31H,7H2,1-2H3,(H,24,32)/b14-10+,15-13-;8-5+/t16-,20+,21-,22-,23+,24+,25?,26-,27+,29+;13-,14+,15-,16?,17+,18+,19?,20+,21-,23-/m01/s1. The maximum Gasteiger partial charge on any atom is 0.247 e. The number of ether oxygens (including phenoxy) is 8. The number of rotatable bonds is 14. The number of carbonyl (C=O) groups is 3. The molecule has 24 nitrogen and oxygen atoms in total. The number of nitrogens with one attached hydrogen (secondary N) is 2. The molecule has 6 aliphatic rings. The highest BCUT2D eigenvalue weighted by atomic mass is 16.7. The summed E-state index contributed by atoms with van der Waals surface area (Å²) in [6, 6.07) is 6.36. The molecule has 0 bridgehead atoms. The molecule has 3 unspecified atom stereocenters. The zero-order chi connectivity index (χ0) is 55.6. The van der Waals surface area contributed by atoms with Crippen molar-refractivity contribution in [3.05, 3.63) is 69.8 Å². The molecule has 420 valence electrons. The smallest absolute Gasteiger partial charge is 0.247 e. The van der Waals surface area contributed by atoms with E-state index in [9.17, 15) is 70.6 Å². The van der Waals surface area contributed by atoms with Gasteiger partial charge in [-0.1, -0.05) is 38.0 Å². The van der Waals surface area contributed by atoms with Crippen molar-refractivity contribution < 1.29 is 108 Å². The molecule has 2 aromatic rings. The van der Waals surface area contributed by atoms with Gasteiger partial charge in [-0.2, -0.15) is 0 Å². The largest absolute Gasteiger partial charge is 0.504 e. The topological polar surface area (TPSA) is 372 Å². The molecule has 4 saturated heterocycles. The number of aliphatic hydroxyl groups excluding tert-OH is 9. The first-order valence-electron chi connectivity index (χ1n) is 25.0. The van der Waals surface area contributed by atoms with Crippen LogP contribution in [0.25, 0.3) is 12.2 Å². The molecule has 4 heterocycles. The first-order valence-corrected chi connectivity index (χ1v) is 25.0. The number of hydrogen-bond acceptors (Lipinski definition) is 22. The number of carbonyl (C=O) groups excluding carboxylic acids is 3. The first-order chi connectivity index (χ1) is 35.9. The molecule has 2 amide bonds. The highest BCUT2D eigenvalue weighted by Crippen LogP contribution is 2.38. The van der Waals surface area contributed by atoms with Crippen LogP contribution < -0.4 is 20.1 Å². The summed E-state index contributed by atoms with van der Waals surface area (Å²) in [5.74, 6) is -2.50. The van der Waals surface area contributed by atoms with Gasteiger partial charge in [0.2, 0.25) is 24.4 Å². The third-order valence-corrected chi connectivity index (χ3v) is 14.6. The summed E-state index contributed by atoms with van der Waals surface area (Å²) in [5, 5.41) is 119. The second kappa shape index (κ2) is 24.7. The highest BCUT2D eigenvalue weighted by Gasteiger charge is 2.55. The van der Waals surface area contributed by atoms with Gasteiger partial charge in [-0.15, -0.1) is 0 Å². The van der Waals surface area contributed by atoms with Crippen LogP contribution >= 0.6 is 0 Å². The number of phenols is 2. The number of hydrogen-bond donors (Lipinski definition) is 13. The van der Waals surface area contributed by atoms with Crippen LogP contribution in [0.5, 0.6) is 23.0 Å². The van der Waals surface area contributed by atoms with E-state index in [4.69, 9.17) is 37.9 Å². The predicted molar refractivity (Wildman–Crippen MR) is 262 cm³/mol. The Bertz CT molecular complexity index is 2500. The Morgan fingerprint density at radius 2 is 0.987 bits per heavy atom. The fraction of sp³-hybridized carbons (Fsp3) is 0.596. The predicted octanol–water partition coefficient (Wildman–Crippen LogP) is -1.11. The fourth-order valence-electron chi connectivity index (χ4n) is 9.94. The van der Waals surface area contributed by atoms with E-state index in [2.05, 4.69) is 17.6 Å². The second-order valence-electron chi connectivity index (χ2n) is 20.1. The van der Waals surface area contributed by atoms with Crippen molar-refractivity contribution in [2.45, 2.75) is 178 Å². The minimum Gasteiger partial charge on any atom is -0.504 e. The maximum atomic E-state index is 12.8. The SMILES string of the molecule is CC(=O)C1O[C@@H](Oc2ccc(/C=C(\C)C(=O)N[C@H]3[C@@H](O)[C@@H]4OCO[C@@H]4C(O)[C@H]3O)cc2O)[C@@H](O)[C@@H]1O.CCC/C(C)=C(/C)C1O[C@@H](Oc2ccc(/C=C(\C)C(=O)N[C@@H]3[C@H](O)[C@@H](O)[C@H]4OCO[C@H]4[C@@H]3O)cc2O)[C@@H](C)[C@@H]1O. The maximum absolute atomic E-state index is 12.8. The van der Waals surface area contributed by atoms with Gasteiger partial charge in [0.15, 0.2) is 28.8 Å². The number of aliphatic hydroxyl groups is 9. The van der Waals surface area contributed by atoms with Gasteiger partial charge in [0.1, 0.15) is 99.0 Å². The van der Waals surface area contributed by atoms with Crippen molar-refractivity contribution in [1.29, 1.82) is 0 Å².